The molecule has 1 aromatic heterocycles. The van der Waals surface area contributed by atoms with Gasteiger partial charge < -0.3 is 19.3 Å². The monoisotopic (exact) mass is 520 g/mol. The number of benzene rings is 1. The van der Waals surface area contributed by atoms with E-state index in [1.54, 1.807) is 12.1 Å². The fourth-order valence-corrected chi connectivity index (χ4v) is 3.38. The summed E-state index contributed by atoms with van der Waals surface area (Å²) in [5.41, 5.74) is 0.896. The lowest BCUT2D eigenvalue weighted by molar-refractivity contribution is 0.0946. The second-order valence-electron chi connectivity index (χ2n) is 6.22. The number of ether oxygens (including phenoxy) is 2. The third kappa shape index (κ3) is 5.76. The van der Waals surface area contributed by atoms with Crippen LogP contribution in [0.4, 0.5) is 0 Å². The molecule has 0 unspecified atom stereocenters. The molecule has 1 amide bonds. The summed E-state index contributed by atoms with van der Waals surface area (Å²) in [6.07, 6.45) is 3.92. The van der Waals surface area contributed by atoms with Gasteiger partial charge in [-0.2, -0.15) is 0 Å². The van der Waals surface area contributed by atoms with Crippen LogP contribution in [0.3, 0.4) is 0 Å². The number of amides is 1. The van der Waals surface area contributed by atoms with E-state index in [1.807, 2.05) is 6.92 Å². The van der Waals surface area contributed by atoms with E-state index in [-0.39, 0.29) is 11.6 Å². The Bertz CT molecular complexity index is 795. The zero-order valence-corrected chi connectivity index (χ0v) is 19.4. The largest absolute Gasteiger partial charge is 0.493 e. The van der Waals surface area contributed by atoms with Crippen molar-refractivity contribution in [2.24, 2.45) is 0 Å². The van der Waals surface area contributed by atoms with Gasteiger partial charge in [-0.05, 0) is 48.4 Å². The van der Waals surface area contributed by atoms with Gasteiger partial charge in [0.25, 0.3) is 5.91 Å². The maximum absolute atomic E-state index is 12.2. The van der Waals surface area contributed by atoms with E-state index in [2.05, 4.69) is 46.9 Å². The van der Waals surface area contributed by atoms with Gasteiger partial charge in [0, 0.05) is 12.6 Å². The highest BCUT2D eigenvalue weighted by Gasteiger charge is 2.24. The average Bonchev–Trinajstić information content (AvgIpc) is 3.05. The Morgan fingerprint density at radius 2 is 1.79 bits per heavy atom. The van der Waals surface area contributed by atoms with Crippen molar-refractivity contribution in [2.75, 3.05) is 19.8 Å². The zero-order chi connectivity index (χ0) is 20.5. The molecular formula is C20H26ClIN2O4. The first-order chi connectivity index (χ1) is 13.5. The van der Waals surface area contributed by atoms with Crippen LogP contribution in [0.15, 0.2) is 16.7 Å². The van der Waals surface area contributed by atoms with Crippen LogP contribution in [-0.4, -0.2) is 30.8 Å². The molecule has 28 heavy (non-hydrogen) atoms. The number of unbranched alkanes of at least 4 members (excludes halogenated alkanes) is 2. The van der Waals surface area contributed by atoms with Crippen LogP contribution in [0.5, 0.6) is 11.5 Å². The third-order valence-corrected chi connectivity index (χ3v) is 5.27. The van der Waals surface area contributed by atoms with Crippen LogP contribution in [0.1, 0.15) is 56.9 Å². The molecule has 154 valence electrons. The highest BCUT2D eigenvalue weighted by atomic mass is 127. The summed E-state index contributed by atoms with van der Waals surface area (Å²) >= 11 is 8.50. The maximum atomic E-state index is 12.2. The molecule has 0 fully saturated rings. The van der Waals surface area contributed by atoms with Crippen molar-refractivity contribution in [1.82, 2.24) is 10.5 Å². The van der Waals surface area contributed by atoms with Crippen molar-refractivity contribution in [3.05, 3.63) is 26.4 Å². The van der Waals surface area contributed by atoms with Crippen molar-refractivity contribution in [3.63, 3.8) is 0 Å². The maximum Gasteiger partial charge on any atom is 0.274 e. The van der Waals surface area contributed by atoms with Crippen molar-refractivity contribution in [2.45, 2.75) is 46.5 Å². The number of hydrogen-bond donors (Lipinski definition) is 1. The normalized spacial score (nSPS) is 10.8. The van der Waals surface area contributed by atoms with E-state index in [0.717, 1.165) is 25.7 Å². The molecule has 1 heterocycles. The van der Waals surface area contributed by atoms with E-state index in [1.165, 1.54) is 0 Å². The minimum absolute atomic E-state index is 0.247. The summed E-state index contributed by atoms with van der Waals surface area (Å²) in [5.74, 6) is 1.35. The molecule has 0 atom stereocenters. The first-order valence-corrected chi connectivity index (χ1v) is 11.0. The van der Waals surface area contributed by atoms with E-state index in [4.69, 9.17) is 25.6 Å². The fourth-order valence-electron chi connectivity index (χ4n) is 2.43. The number of aromatic nitrogens is 1. The Morgan fingerprint density at radius 1 is 1.14 bits per heavy atom. The summed E-state index contributed by atoms with van der Waals surface area (Å²) in [6.45, 7) is 7.72. The van der Waals surface area contributed by atoms with Crippen LogP contribution < -0.4 is 14.8 Å². The van der Waals surface area contributed by atoms with Gasteiger partial charge in [-0.15, -0.1) is 0 Å². The molecule has 1 N–H and O–H groups in total. The average molecular weight is 521 g/mol. The summed E-state index contributed by atoms with van der Waals surface area (Å²) in [6, 6.07) is 3.53. The first-order valence-electron chi connectivity index (χ1n) is 9.56. The number of carbonyl (C=O) groups excluding carboxylic acids is 1. The summed E-state index contributed by atoms with van der Waals surface area (Å²) in [7, 11) is 0. The van der Waals surface area contributed by atoms with Crippen LogP contribution in [0.25, 0.3) is 11.3 Å². The fraction of sp³-hybridized carbons (Fsp3) is 0.500. The molecular weight excluding hydrogens is 495 g/mol. The van der Waals surface area contributed by atoms with Gasteiger partial charge in [-0.25, -0.2) is 0 Å². The van der Waals surface area contributed by atoms with Crippen molar-refractivity contribution in [3.8, 4) is 22.8 Å². The molecule has 0 radical (unpaired) electrons. The molecule has 2 rings (SSSR count). The molecule has 0 aliphatic rings. The number of rotatable bonds is 11. The molecule has 0 aliphatic heterocycles. The Kier molecular flexibility index (Phi) is 9.37. The molecule has 0 saturated heterocycles. The number of nitrogens with zero attached hydrogens (tertiary/aromatic N) is 1. The number of carbonyl (C=O) groups is 1. The molecule has 0 spiro atoms. The van der Waals surface area contributed by atoms with Gasteiger partial charge in [0.15, 0.2) is 11.5 Å². The Morgan fingerprint density at radius 3 is 2.39 bits per heavy atom. The molecule has 0 saturated carbocycles. The van der Waals surface area contributed by atoms with E-state index in [0.29, 0.717) is 51.2 Å². The molecule has 1 aromatic carbocycles. The molecule has 6 nitrogen and oxygen atoms in total. The Labute approximate surface area is 184 Å². The predicted octanol–water partition coefficient (Wildman–Crippen LogP) is 5.71. The van der Waals surface area contributed by atoms with Crippen molar-refractivity contribution < 1.29 is 18.8 Å². The van der Waals surface area contributed by atoms with Crippen LogP contribution >= 0.6 is 34.2 Å². The smallest absolute Gasteiger partial charge is 0.274 e. The molecule has 8 heteroatoms. The van der Waals surface area contributed by atoms with Crippen molar-refractivity contribution in [1.29, 1.82) is 0 Å². The van der Waals surface area contributed by atoms with Crippen LogP contribution in [0.2, 0.25) is 5.02 Å². The molecule has 0 bridgehead atoms. The van der Waals surface area contributed by atoms with E-state index in [9.17, 15) is 4.79 Å². The molecule has 0 aliphatic carbocycles. The lowest BCUT2D eigenvalue weighted by Crippen LogP contribution is -2.23. The first kappa shape index (κ1) is 22.8. The zero-order valence-electron chi connectivity index (χ0n) is 16.4. The minimum Gasteiger partial charge on any atom is -0.493 e. The SMILES string of the molecule is CCCCOc1cc(OCCCC)c(-c2onc(C(=O)NCC)c2I)cc1Cl. The van der Waals surface area contributed by atoms with Crippen LogP contribution in [0, 0.1) is 3.57 Å². The van der Waals surface area contributed by atoms with Gasteiger partial charge in [0.2, 0.25) is 0 Å². The number of nitrogens with one attached hydrogen (secondary N) is 1. The highest BCUT2D eigenvalue weighted by Crippen LogP contribution is 2.41. The van der Waals surface area contributed by atoms with E-state index >= 15 is 0 Å². The number of hydrogen-bond acceptors (Lipinski definition) is 5. The lowest BCUT2D eigenvalue weighted by atomic mass is 10.1. The highest BCUT2D eigenvalue weighted by molar-refractivity contribution is 14.1. The standard InChI is InChI=1S/C20H26ClIN2O4/c1-4-7-9-26-15-12-16(27-10-8-5-2)14(21)11-13(15)19-17(22)18(24-28-19)20(25)23-6-3/h11-12H,4-10H2,1-3H3,(H,23,25). The minimum atomic E-state index is -0.277. The van der Waals surface area contributed by atoms with Gasteiger partial charge in [-0.3, -0.25) is 4.79 Å². The second kappa shape index (κ2) is 11.5. The third-order valence-electron chi connectivity index (χ3n) is 3.98. The Balaban J connectivity index is 2.41. The van der Waals surface area contributed by atoms with Gasteiger partial charge >= 0.3 is 0 Å². The van der Waals surface area contributed by atoms with Crippen molar-refractivity contribution >= 4 is 40.1 Å². The topological polar surface area (TPSA) is 73.6 Å². The van der Waals surface area contributed by atoms with E-state index < -0.39 is 0 Å². The summed E-state index contributed by atoms with van der Waals surface area (Å²) < 4.78 is 17.9. The van der Waals surface area contributed by atoms with Crippen LogP contribution in [-0.2, 0) is 0 Å². The van der Waals surface area contributed by atoms with Gasteiger partial charge in [0.05, 0.1) is 27.4 Å². The van der Waals surface area contributed by atoms with Gasteiger partial charge in [0.1, 0.15) is 11.5 Å². The predicted molar refractivity (Wildman–Crippen MR) is 118 cm³/mol. The second-order valence-corrected chi connectivity index (χ2v) is 7.70. The Hall–Kier alpha value is -1.48. The summed E-state index contributed by atoms with van der Waals surface area (Å²) in [4.78, 5) is 12.2. The number of halogens is 2. The summed E-state index contributed by atoms with van der Waals surface area (Å²) in [5, 5.41) is 7.13. The van der Waals surface area contributed by atoms with Gasteiger partial charge in [-0.1, -0.05) is 43.4 Å². The quantitative estimate of drug-likeness (QED) is 0.304. The molecule has 2 aromatic rings. The lowest BCUT2D eigenvalue weighted by Gasteiger charge is -2.14.